The molecule has 19 heavy (non-hydrogen) atoms. The Bertz CT molecular complexity index is 530. The summed E-state index contributed by atoms with van der Waals surface area (Å²) in [5, 5.41) is 11.9. The molecule has 100 valence electrons. The first-order valence-electron chi connectivity index (χ1n) is 6.29. The standard InChI is InChI=1S/C15H17NO3/c1-11(17)16-9-3-5-12-4-2-6-13(10-12)15(7-8-15)14(18)19/h2-6,10H,7-9H2,1H3,(H,16,17)(H,18,19). The van der Waals surface area contributed by atoms with Gasteiger partial charge in [0, 0.05) is 13.5 Å². The molecule has 1 aliphatic rings. The van der Waals surface area contributed by atoms with Crippen LogP contribution >= 0.6 is 0 Å². The van der Waals surface area contributed by atoms with E-state index in [0.29, 0.717) is 19.4 Å². The van der Waals surface area contributed by atoms with E-state index in [0.717, 1.165) is 11.1 Å². The lowest BCUT2D eigenvalue weighted by Gasteiger charge is -2.10. The number of nitrogens with one attached hydrogen (secondary N) is 1. The normalized spacial score (nSPS) is 16.3. The molecule has 4 nitrogen and oxygen atoms in total. The average molecular weight is 259 g/mol. The first-order valence-corrected chi connectivity index (χ1v) is 6.29. The Morgan fingerprint density at radius 1 is 1.42 bits per heavy atom. The molecule has 0 unspecified atom stereocenters. The van der Waals surface area contributed by atoms with E-state index in [2.05, 4.69) is 5.32 Å². The number of aliphatic carboxylic acids is 1. The van der Waals surface area contributed by atoms with Gasteiger partial charge in [-0.3, -0.25) is 9.59 Å². The molecule has 2 N–H and O–H groups in total. The number of hydrogen-bond acceptors (Lipinski definition) is 2. The smallest absolute Gasteiger partial charge is 0.314 e. The SMILES string of the molecule is CC(=O)NCC=Cc1cccc(C2(C(=O)O)CC2)c1. The molecule has 0 radical (unpaired) electrons. The molecule has 0 spiro atoms. The predicted molar refractivity (Wildman–Crippen MR) is 72.7 cm³/mol. The maximum Gasteiger partial charge on any atom is 0.314 e. The maximum absolute atomic E-state index is 11.3. The molecule has 0 heterocycles. The molecule has 1 aromatic rings. The Morgan fingerprint density at radius 2 is 2.16 bits per heavy atom. The second-order valence-electron chi connectivity index (χ2n) is 4.85. The van der Waals surface area contributed by atoms with E-state index in [1.807, 2.05) is 36.4 Å². The van der Waals surface area contributed by atoms with Crippen LogP contribution in [0.25, 0.3) is 6.08 Å². The quantitative estimate of drug-likeness (QED) is 0.849. The third-order valence-corrected chi connectivity index (χ3v) is 3.38. The Balaban J connectivity index is 2.08. The molecule has 0 saturated heterocycles. The number of carbonyl (C=O) groups is 2. The lowest BCUT2D eigenvalue weighted by Crippen LogP contribution is -2.19. The Kier molecular flexibility index (Phi) is 3.69. The highest BCUT2D eigenvalue weighted by Gasteiger charge is 2.51. The summed E-state index contributed by atoms with van der Waals surface area (Å²) in [5.41, 5.74) is 1.15. The van der Waals surface area contributed by atoms with Crippen molar-refractivity contribution in [3.63, 3.8) is 0 Å². The topological polar surface area (TPSA) is 66.4 Å². The van der Waals surface area contributed by atoms with E-state index in [9.17, 15) is 14.7 Å². The van der Waals surface area contributed by atoms with Crippen LogP contribution < -0.4 is 5.32 Å². The maximum atomic E-state index is 11.3. The number of carboxylic acid groups (broad SMARTS) is 1. The predicted octanol–water partition coefficient (Wildman–Crippen LogP) is 1.95. The second-order valence-corrected chi connectivity index (χ2v) is 4.85. The summed E-state index contributed by atoms with van der Waals surface area (Å²) in [4.78, 5) is 22.0. The number of carbonyl (C=O) groups excluding carboxylic acids is 1. The number of benzene rings is 1. The van der Waals surface area contributed by atoms with E-state index in [1.165, 1.54) is 6.92 Å². The first kappa shape index (κ1) is 13.3. The third-order valence-electron chi connectivity index (χ3n) is 3.38. The average Bonchev–Trinajstić information content (AvgIpc) is 3.16. The van der Waals surface area contributed by atoms with Crippen molar-refractivity contribution in [2.45, 2.75) is 25.2 Å². The minimum Gasteiger partial charge on any atom is -0.481 e. The van der Waals surface area contributed by atoms with Crippen LogP contribution in [0.15, 0.2) is 30.3 Å². The van der Waals surface area contributed by atoms with Gasteiger partial charge in [0.25, 0.3) is 0 Å². The molecule has 1 aliphatic carbocycles. The van der Waals surface area contributed by atoms with Crippen molar-refractivity contribution in [2.75, 3.05) is 6.54 Å². The molecular weight excluding hydrogens is 242 g/mol. The lowest BCUT2D eigenvalue weighted by molar-refractivity contribution is -0.140. The zero-order valence-electron chi connectivity index (χ0n) is 10.8. The largest absolute Gasteiger partial charge is 0.481 e. The van der Waals surface area contributed by atoms with Crippen molar-refractivity contribution in [3.8, 4) is 0 Å². The summed E-state index contributed by atoms with van der Waals surface area (Å²) >= 11 is 0. The molecule has 1 fully saturated rings. The summed E-state index contributed by atoms with van der Waals surface area (Å²) in [5.74, 6) is -0.812. The summed E-state index contributed by atoms with van der Waals surface area (Å²) in [7, 11) is 0. The van der Waals surface area contributed by atoms with Gasteiger partial charge in [0.1, 0.15) is 0 Å². The number of rotatable bonds is 5. The number of amides is 1. The van der Waals surface area contributed by atoms with Crippen LogP contribution in [0.2, 0.25) is 0 Å². The fraction of sp³-hybridized carbons (Fsp3) is 0.333. The first-order chi connectivity index (χ1) is 9.04. The van der Waals surface area contributed by atoms with Crippen LogP contribution in [0.3, 0.4) is 0 Å². The van der Waals surface area contributed by atoms with Gasteiger partial charge in [-0.1, -0.05) is 36.4 Å². The molecule has 1 saturated carbocycles. The van der Waals surface area contributed by atoms with Crippen molar-refractivity contribution >= 4 is 18.0 Å². The highest BCUT2D eigenvalue weighted by Crippen LogP contribution is 2.48. The molecule has 1 amide bonds. The molecule has 0 atom stereocenters. The molecule has 0 aliphatic heterocycles. The van der Waals surface area contributed by atoms with Crippen molar-refractivity contribution in [3.05, 3.63) is 41.5 Å². The minimum absolute atomic E-state index is 0.0683. The van der Waals surface area contributed by atoms with E-state index >= 15 is 0 Å². The molecule has 1 aromatic carbocycles. The summed E-state index contributed by atoms with van der Waals surface area (Å²) < 4.78 is 0. The van der Waals surface area contributed by atoms with Crippen LogP contribution in [0, 0.1) is 0 Å². The van der Waals surface area contributed by atoms with Gasteiger partial charge < -0.3 is 10.4 Å². The van der Waals surface area contributed by atoms with Gasteiger partial charge in [0.2, 0.25) is 5.91 Å². The zero-order chi connectivity index (χ0) is 13.9. The summed E-state index contributed by atoms with van der Waals surface area (Å²) in [6.45, 7) is 1.95. The van der Waals surface area contributed by atoms with Crippen molar-refractivity contribution < 1.29 is 14.7 Å². The van der Waals surface area contributed by atoms with Crippen LogP contribution in [0.5, 0.6) is 0 Å². The van der Waals surface area contributed by atoms with Gasteiger partial charge in [-0.2, -0.15) is 0 Å². The molecular formula is C15H17NO3. The van der Waals surface area contributed by atoms with E-state index < -0.39 is 11.4 Å². The number of carboxylic acids is 1. The van der Waals surface area contributed by atoms with Gasteiger partial charge >= 0.3 is 5.97 Å². The second kappa shape index (κ2) is 5.26. The fourth-order valence-electron chi connectivity index (χ4n) is 2.09. The molecule has 4 heteroatoms. The van der Waals surface area contributed by atoms with E-state index in [4.69, 9.17) is 0 Å². The highest BCUT2D eigenvalue weighted by atomic mass is 16.4. The van der Waals surface area contributed by atoms with E-state index in [-0.39, 0.29) is 5.91 Å². The molecule has 0 aromatic heterocycles. The summed E-state index contributed by atoms with van der Waals surface area (Å²) in [6.07, 6.45) is 5.15. The van der Waals surface area contributed by atoms with Gasteiger partial charge in [-0.25, -0.2) is 0 Å². The van der Waals surface area contributed by atoms with Gasteiger partial charge in [-0.05, 0) is 24.0 Å². The zero-order valence-corrected chi connectivity index (χ0v) is 10.8. The van der Waals surface area contributed by atoms with Gasteiger partial charge in [0.15, 0.2) is 0 Å². The van der Waals surface area contributed by atoms with Crippen LogP contribution in [-0.2, 0) is 15.0 Å². The van der Waals surface area contributed by atoms with Crippen LogP contribution in [0.1, 0.15) is 30.9 Å². The third kappa shape index (κ3) is 3.02. The highest BCUT2D eigenvalue weighted by molar-refractivity contribution is 5.85. The van der Waals surface area contributed by atoms with Crippen LogP contribution in [-0.4, -0.2) is 23.5 Å². The summed E-state index contributed by atoms with van der Waals surface area (Å²) in [6, 6.07) is 7.57. The van der Waals surface area contributed by atoms with Crippen molar-refractivity contribution in [1.82, 2.24) is 5.32 Å². The minimum atomic E-state index is -0.744. The van der Waals surface area contributed by atoms with Crippen molar-refractivity contribution in [1.29, 1.82) is 0 Å². The Hall–Kier alpha value is -2.10. The monoisotopic (exact) mass is 259 g/mol. The van der Waals surface area contributed by atoms with Gasteiger partial charge in [0.05, 0.1) is 5.41 Å². The Morgan fingerprint density at radius 3 is 2.74 bits per heavy atom. The van der Waals surface area contributed by atoms with E-state index in [1.54, 1.807) is 0 Å². The molecule has 0 bridgehead atoms. The van der Waals surface area contributed by atoms with Gasteiger partial charge in [-0.15, -0.1) is 0 Å². The number of hydrogen-bond donors (Lipinski definition) is 2. The lowest BCUT2D eigenvalue weighted by atomic mass is 9.94. The van der Waals surface area contributed by atoms with Crippen LogP contribution in [0.4, 0.5) is 0 Å². The Labute approximate surface area is 112 Å². The fourth-order valence-corrected chi connectivity index (χ4v) is 2.09. The van der Waals surface area contributed by atoms with Crippen molar-refractivity contribution in [2.24, 2.45) is 0 Å². The molecule has 2 rings (SSSR count).